The number of carbonyl (C=O) groups is 2. The third kappa shape index (κ3) is 4.37. The molecule has 2 aromatic carbocycles. The average molecular weight is 366 g/mol. The van der Waals surface area contributed by atoms with Gasteiger partial charge in [-0.1, -0.05) is 22.7 Å². The Labute approximate surface area is 153 Å². The lowest BCUT2D eigenvalue weighted by molar-refractivity contribution is 0.0734. The molecule has 130 valence electrons. The first kappa shape index (κ1) is 17.4. The molecular weight excluding hydrogens is 352 g/mol. The van der Waals surface area contributed by atoms with Gasteiger partial charge in [0.25, 0.3) is 5.91 Å². The molecule has 0 radical (unpaired) electrons. The standard InChI is InChI=1S/C18H14N4O3S/c1-12-16(26-22-20-12)17(23)21-19-11-13-7-9-15(10-8-13)25-18(24)14-5-3-2-4-6-14/h2-11H,1H3,(H,21,23)/b19-11+. The summed E-state index contributed by atoms with van der Waals surface area (Å²) in [4.78, 5) is 24.3. The van der Waals surface area contributed by atoms with Crippen molar-refractivity contribution in [2.75, 3.05) is 0 Å². The van der Waals surface area contributed by atoms with Crippen LogP contribution in [0.15, 0.2) is 59.7 Å². The molecule has 0 aliphatic carbocycles. The molecule has 0 bridgehead atoms. The number of benzene rings is 2. The average Bonchev–Trinajstić information content (AvgIpc) is 3.10. The SMILES string of the molecule is Cc1nnsc1C(=O)N/N=C/c1ccc(OC(=O)c2ccccc2)cc1. The van der Waals surface area contributed by atoms with E-state index in [1.807, 2.05) is 6.07 Å². The molecule has 1 N–H and O–H groups in total. The lowest BCUT2D eigenvalue weighted by Gasteiger charge is -2.04. The molecule has 0 spiro atoms. The first-order chi connectivity index (χ1) is 12.6. The van der Waals surface area contributed by atoms with Crippen LogP contribution < -0.4 is 10.2 Å². The number of nitrogens with one attached hydrogen (secondary N) is 1. The van der Waals surface area contributed by atoms with E-state index in [4.69, 9.17) is 4.74 Å². The van der Waals surface area contributed by atoms with Crippen molar-refractivity contribution in [3.63, 3.8) is 0 Å². The molecule has 0 saturated heterocycles. The molecule has 8 heteroatoms. The second kappa shape index (κ2) is 8.13. The Morgan fingerprint density at radius 2 is 1.85 bits per heavy atom. The van der Waals surface area contributed by atoms with Crippen LogP contribution in [0.25, 0.3) is 0 Å². The minimum Gasteiger partial charge on any atom is -0.423 e. The molecule has 0 aliphatic heterocycles. The van der Waals surface area contributed by atoms with Crippen LogP contribution in [-0.4, -0.2) is 27.7 Å². The number of hydrogen-bond donors (Lipinski definition) is 1. The van der Waals surface area contributed by atoms with E-state index in [2.05, 4.69) is 20.1 Å². The minimum atomic E-state index is -0.423. The second-order valence-electron chi connectivity index (χ2n) is 5.21. The van der Waals surface area contributed by atoms with Crippen molar-refractivity contribution >= 4 is 29.6 Å². The summed E-state index contributed by atoms with van der Waals surface area (Å²) in [6.07, 6.45) is 1.49. The van der Waals surface area contributed by atoms with Crippen LogP contribution >= 0.6 is 11.5 Å². The Bertz CT molecular complexity index is 937. The Morgan fingerprint density at radius 3 is 2.50 bits per heavy atom. The fraction of sp³-hybridized carbons (Fsp3) is 0.0556. The summed E-state index contributed by atoms with van der Waals surface area (Å²) >= 11 is 1.01. The fourth-order valence-electron chi connectivity index (χ4n) is 2.02. The predicted molar refractivity (Wildman–Crippen MR) is 97.5 cm³/mol. The predicted octanol–water partition coefficient (Wildman–Crippen LogP) is 2.83. The van der Waals surface area contributed by atoms with Crippen LogP contribution in [0.5, 0.6) is 5.75 Å². The number of esters is 1. The van der Waals surface area contributed by atoms with E-state index in [9.17, 15) is 9.59 Å². The molecular formula is C18H14N4O3S. The summed E-state index contributed by atoms with van der Waals surface area (Å²) in [6.45, 7) is 1.71. The van der Waals surface area contributed by atoms with Crippen molar-refractivity contribution in [2.45, 2.75) is 6.92 Å². The van der Waals surface area contributed by atoms with Crippen molar-refractivity contribution in [2.24, 2.45) is 5.10 Å². The third-order valence-corrected chi connectivity index (χ3v) is 4.16. The largest absolute Gasteiger partial charge is 0.423 e. The highest BCUT2D eigenvalue weighted by atomic mass is 32.1. The van der Waals surface area contributed by atoms with Gasteiger partial charge in [0.1, 0.15) is 10.6 Å². The second-order valence-corrected chi connectivity index (χ2v) is 5.97. The summed E-state index contributed by atoms with van der Waals surface area (Å²) in [5.41, 5.74) is 4.20. The van der Waals surface area contributed by atoms with Crippen molar-refractivity contribution in [1.29, 1.82) is 0 Å². The summed E-state index contributed by atoms with van der Waals surface area (Å²) in [5, 5.41) is 7.67. The van der Waals surface area contributed by atoms with Crippen LogP contribution in [0, 0.1) is 6.92 Å². The van der Waals surface area contributed by atoms with E-state index >= 15 is 0 Å². The van der Waals surface area contributed by atoms with Gasteiger partial charge in [0.15, 0.2) is 0 Å². The van der Waals surface area contributed by atoms with Gasteiger partial charge < -0.3 is 4.74 Å². The van der Waals surface area contributed by atoms with Crippen molar-refractivity contribution < 1.29 is 14.3 Å². The lowest BCUT2D eigenvalue weighted by Crippen LogP contribution is -2.17. The van der Waals surface area contributed by atoms with Crippen LogP contribution in [0.2, 0.25) is 0 Å². The molecule has 3 aromatic rings. The number of amides is 1. The molecule has 0 atom stereocenters. The Hall–Kier alpha value is -3.39. The zero-order chi connectivity index (χ0) is 18.4. The highest BCUT2D eigenvalue weighted by Crippen LogP contribution is 2.14. The fourth-order valence-corrected chi connectivity index (χ4v) is 2.56. The Balaban J connectivity index is 1.57. The number of hydrogen-bond acceptors (Lipinski definition) is 7. The first-order valence-corrected chi connectivity index (χ1v) is 8.40. The number of aryl methyl sites for hydroxylation is 1. The Morgan fingerprint density at radius 1 is 1.12 bits per heavy atom. The highest BCUT2D eigenvalue weighted by molar-refractivity contribution is 7.07. The number of rotatable bonds is 5. The molecule has 0 saturated carbocycles. The Kier molecular flexibility index (Phi) is 5.45. The lowest BCUT2D eigenvalue weighted by atomic mass is 10.2. The van der Waals surface area contributed by atoms with E-state index in [0.29, 0.717) is 21.9 Å². The molecule has 1 aromatic heterocycles. The number of hydrazone groups is 1. The van der Waals surface area contributed by atoms with Gasteiger partial charge in [-0.15, -0.1) is 5.10 Å². The van der Waals surface area contributed by atoms with Crippen molar-refractivity contribution in [3.05, 3.63) is 76.3 Å². The van der Waals surface area contributed by atoms with Crippen molar-refractivity contribution in [1.82, 2.24) is 15.0 Å². The van der Waals surface area contributed by atoms with Crippen LogP contribution in [0.1, 0.15) is 31.3 Å². The minimum absolute atomic E-state index is 0.359. The van der Waals surface area contributed by atoms with E-state index in [0.717, 1.165) is 17.1 Å². The number of ether oxygens (including phenoxy) is 1. The number of nitrogens with zero attached hydrogens (tertiary/aromatic N) is 3. The van der Waals surface area contributed by atoms with Crippen molar-refractivity contribution in [3.8, 4) is 5.75 Å². The molecule has 0 aliphatic rings. The molecule has 3 rings (SSSR count). The maximum absolute atomic E-state index is 12.0. The molecule has 0 unspecified atom stereocenters. The highest BCUT2D eigenvalue weighted by Gasteiger charge is 2.11. The van der Waals surface area contributed by atoms with Gasteiger partial charge in [-0.3, -0.25) is 4.79 Å². The first-order valence-electron chi connectivity index (χ1n) is 7.63. The topological polar surface area (TPSA) is 93.5 Å². The molecule has 1 heterocycles. The summed E-state index contributed by atoms with van der Waals surface area (Å²) in [6, 6.07) is 15.5. The molecule has 7 nitrogen and oxygen atoms in total. The van der Waals surface area contributed by atoms with Gasteiger partial charge in [0.05, 0.1) is 17.5 Å². The summed E-state index contributed by atoms with van der Waals surface area (Å²) < 4.78 is 9.00. The van der Waals surface area contributed by atoms with Gasteiger partial charge >= 0.3 is 5.97 Å². The summed E-state index contributed by atoms with van der Waals surface area (Å²) in [5.74, 6) is -0.360. The van der Waals surface area contributed by atoms with Gasteiger partial charge in [0, 0.05) is 0 Å². The molecule has 1 amide bonds. The molecule has 0 fully saturated rings. The zero-order valence-corrected chi connectivity index (χ0v) is 14.6. The van der Waals surface area contributed by atoms with Gasteiger partial charge in [-0.05, 0) is 60.4 Å². The van der Waals surface area contributed by atoms with Gasteiger partial charge in [0.2, 0.25) is 0 Å². The van der Waals surface area contributed by atoms with E-state index < -0.39 is 5.97 Å². The monoisotopic (exact) mass is 366 g/mol. The van der Waals surface area contributed by atoms with Crippen LogP contribution in [0.3, 0.4) is 0 Å². The van der Waals surface area contributed by atoms with Crippen LogP contribution in [-0.2, 0) is 0 Å². The van der Waals surface area contributed by atoms with E-state index in [1.54, 1.807) is 55.5 Å². The van der Waals surface area contributed by atoms with E-state index in [1.165, 1.54) is 6.21 Å². The van der Waals surface area contributed by atoms with Gasteiger partial charge in [-0.2, -0.15) is 5.10 Å². The molecule has 26 heavy (non-hydrogen) atoms. The third-order valence-electron chi connectivity index (χ3n) is 3.34. The normalized spacial score (nSPS) is 10.7. The van der Waals surface area contributed by atoms with Gasteiger partial charge in [-0.25, -0.2) is 10.2 Å². The maximum Gasteiger partial charge on any atom is 0.343 e. The zero-order valence-electron chi connectivity index (χ0n) is 13.7. The van der Waals surface area contributed by atoms with E-state index in [-0.39, 0.29) is 5.91 Å². The number of aromatic nitrogens is 2. The number of carbonyl (C=O) groups excluding carboxylic acids is 2. The summed E-state index contributed by atoms with van der Waals surface area (Å²) in [7, 11) is 0. The quantitative estimate of drug-likeness (QED) is 0.324. The van der Waals surface area contributed by atoms with Crippen LogP contribution in [0.4, 0.5) is 0 Å². The smallest absolute Gasteiger partial charge is 0.343 e. The maximum atomic E-state index is 12.0.